The molecule has 0 amide bonds. The Bertz CT molecular complexity index is 504. The fourth-order valence-electron chi connectivity index (χ4n) is 2.80. The summed E-state index contributed by atoms with van der Waals surface area (Å²) in [6.07, 6.45) is -1.70. The van der Waals surface area contributed by atoms with Crippen molar-refractivity contribution in [3.63, 3.8) is 0 Å². The smallest absolute Gasteiger partial charge is 0.200 e. The molecule has 2 rings (SSSR count). The molecule has 1 fully saturated rings. The van der Waals surface area contributed by atoms with Crippen LogP contribution in [0.1, 0.15) is 25.3 Å². The van der Waals surface area contributed by atoms with E-state index in [1.807, 2.05) is 0 Å². The second kappa shape index (κ2) is 5.27. The minimum atomic E-state index is -1.19. The van der Waals surface area contributed by atoms with Gasteiger partial charge in [0.05, 0.1) is 24.7 Å². The lowest BCUT2D eigenvalue weighted by molar-refractivity contribution is -0.138. The SMILES string of the molecule is COc1c([C@H]2C(O)OC(C)(C)[C@H]2OC)ccc(F)c1F. The highest BCUT2D eigenvalue weighted by Crippen LogP contribution is 2.45. The van der Waals surface area contributed by atoms with E-state index in [2.05, 4.69) is 0 Å². The summed E-state index contributed by atoms with van der Waals surface area (Å²) in [5.41, 5.74) is -0.439. The van der Waals surface area contributed by atoms with E-state index in [4.69, 9.17) is 14.2 Å². The Kier molecular flexibility index (Phi) is 4.00. The van der Waals surface area contributed by atoms with Gasteiger partial charge >= 0.3 is 0 Å². The van der Waals surface area contributed by atoms with Gasteiger partial charge < -0.3 is 19.3 Å². The van der Waals surface area contributed by atoms with Gasteiger partial charge in [0.1, 0.15) is 0 Å². The first kappa shape index (κ1) is 15.2. The molecule has 0 spiro atoms. The van der Waals surface area contributed by atoms with Gasteiger partial charge in [0, 0.05) is 12.7 Å². The first-order chi connectivity index (χ1) is 9.33. The molecule has 1 aromatic rings. The first-order valence-electron chi connectivity index (χ1n) is 6.24. The van der Waals surface area contributed by atoms with Crippen molar-refractivity contribution in [1.82, 2.24) is 0 Å². The van der Waals surface area contributed by atoms with Gasteiger partial charge in [0.15, 0.2) is 17.9 Å². The summed E-state index contributed by atoms with van der Waals surface area (Å²) in [7, 11) is 2.73. The third-order valence-electron chi connectivity index (χ3n) is 3.64. The molecule has 1 N–H and O–H groups in total. The lowest BCUT2D eigenvalue weighted by Crippen LogP contribution is -2.36. The summed E-state index contributed by atoms with van der Waals surface area (Å²) in [6, 6.07) is 2.37. The van der Waals surface area contributed by atoms with Gasteiger partial charge in [0.25, 0.3) is 0 Å². The summed E-state index contributed by atoms with van der Waals surface area (Å²) in [4.78, 5) is 0. The molecular weight excluding hydrogens is 270 g/mol. The molecule has 1 aliphatic heterocycles. The van der Waals surface area contributed by atoms with Crippen molar-refractivity contribution in [3.05, 3.63) is 29.3 Å². The Labute approximate surface area is 116 Å². The van der Waals surface area contributed by atoms with E-state index >= 15 is 0 Å². The number of methoxy groups -OCH3 is 2. The van der Waals surface area contributed by atoms with Gasteiger partial charge in [-0.05, 0) is 19.9 Å². The Morgan fingerprint density at radius 3 is 2.45 bits per heavy atom. The van der Waals surface area contributed by atoms with Gasteiger partial charge in [-0.15, -0.1) is 0 Å². The molecule has 20 heavy (non-hydrogen) atoms. The minimum Gasteiger partial charge on any atom is -0.493 e. The van der Waals surface area contributed by atoms with E-state index in [9.17, 15) is 13.9 Å². The lowest BCUT2D eigenvalue weighted by Gasteiger charge is -2.27. The molecule has 0 aliphatic carbocycles. The maximum Gasteiger partial charge on any atom is 0.200 e. The van der Waals surface area contributed by atoms with E-state index in [0.717, 1.165) is 6.07 Å². The molecule has 112 valence electrons. The van der Waals surface area contributed by atoms with Crippen LogP contribution >= 0.6 is 0 Å². The second-order valence-corrected chi connectivity index (χ2v) is 5.28. The molecule has 0 saturated carbocycles. The Balaban J connectivity index is 2.53. The zero-order valence-corrected chi connectivity index (χ0v) is 11.8. The van der Waals surface area contributed by atoms with Crippen molar-refractivity contribution < 1.29 is 28.1 Å². The van der Waals surface area contributed by atoms with Crippen LogP contribution in [0.25, 0.3) is 0 Å². The maximum absolute atomic E-state index is 13.8. The highest BCUT2D eigenvalue weighted by Gasteiger charge is 2.51. The molecule has 1 saturated heterocycles. The third-order valence-corrected chi connectivity index (χ3v) is 3.64. The van der Waals surface area contributed by atoms with Crippen LogP contribution in [0, 0.1) is 11.6 Å². The van der Waals surface area contributed by atoms with Crippen LogP contribution in [-0.2, 0) is 9.47 Å². The average molecular weight is 288 g/mol. The normalized spacial score (nSPS) is 28.6. The molecule has 1 heterocycles. The molecule has 0 aromatic heterocycles. The number of hydrogen-bond acceptors (Lipinski definition) is 4. The molecular formula is C14H18F2O4. The fourth-order valence-corrected chi connectivity index (χ4v) is 2.80. The maximum atomic E-state index is 13.8. The van der Waals surface area contributed by atoms with Crippen molar-refractivity contribution in [2.75, 3.05) is 14.2 Å². The lowest BCUT2D eigenvalue weighted by atomic mass is 9.86. The van der Waals surface area contributed by atoms with Crippen molar-refractivity contribution >= 4 is 0 Å². The summed E-state index contributed by atoms with van der Waals surface area (Å²) >= 11 is 0. The van der Waals surface area contributed by atoms with Crippen molar-refractivity contribution in [2.45, 2.75) is 37.8 Å². The molecule has 0 bridgehead atoms. The van der Waals surface area contributed by atoms with Crippen molar-refractivity contribution in [3.8, 4) is 5.75 Å². The minimum absolute atomic E-state index is 0.239. The summed E-state index contributed by atoms with van der Waals surface area (Å²) in [5, 5.41) is 10.1. The standard InChI is InChI=1S/C14H18F2O4/c1-14(2)12(19-4)9(13(17)20-14)7-5-6-8(15)10(16)11(7)18-3/h5-6,9,12-13,17H,1-4H3/t9-,12+,13?/m1/s1. The van der Waals surface area contributed by atoms with Crippen LogP contribution in [0.2, 0.25) is 0 Å². The number of aliphatic hydroxyl groups excluding tert-OH is 1. The van der Waals surface area contributed by atoms with Crippen LogP contribution in [-0.4, -0.2) is 37.3 Å². The summed E-state index contributed by atoms with van der Waals surface area (Å²) in [5.74, 6) is -3.00. The molecule has 4 nitrogen and oxygen atoms in total. The van der Waals surface area contributed by atoms with Crippen molar-refractivity contribution in [1.29, 1.82) is 0 Å². The molecule has 3 atom stereocenters. The molecule has 0 radical (unpaired) electrons. The highest BCUT2D eigenvalue weighted by atomic mass is 19.2. The van der Waals surface area contributed by atoms with Crippen LogP contribution in [0.5, 0.6) is 5.75 Å². The Morgan fingerprint density at radius 1 is 1.25 bits per heavy atom. The molecule has 1 unspecified atom stereocenters. The summed E-state index contributed by atoms with van der Waals surface area (Å²) < 4.78 is 42.9. The number of ether oxygens (including phenoxy) is 3. The summed E-state index contributed by atoms with van der Waals surface area (Å²) in [6.45, 7) is 3.52. The number of rotatable bonds is 3. The first-order valence-corrected chi connectivity index (χ1v) is 6.24. The van der Waals surface area contributed by atoms with Gasteiger partial charge in [-0.2, -0.15) is 4.39 Å². The topological polar surface area (TPSA) is 47.9 Å². The molecule has 6 heteroatoms. The van der Waals surface area contributed by atoms with Crippen molar-refractivity contribution in [2.24, 2.45) is 0 Å². The van der Waals surface area contributed by atoms with Crippen LogP contribution < -0.4 is 4.74 Å². The fraction of sp³-hybridized carbons (Fsp3) is 0.571. The second-order valence-electron chi connectivity index (χ2n) is 5.28. The van der Waals surface area contributed by atoms with E-state index in [-0.39, 0.29) is 5.75 Å². The van der Waals surface area contributed by atoms with Crippen LogP contribution in [0.3, 0.4) is 0 Å². The molecule has 1 aliphatic rings. The number of halogens is 2. The predicted molar refractivity (Wildman–Crippen MR) is 67.6 cm³/mol. The van der Waals surface area contributed by atoms with E-state index < -0.39 is 35.5 Å². The van der Waals surface area contributed by atoms with Crippen LogP contribution in [0.15, 0.2) is 12.1 Å². The quantitative estimate of drug-likeness (QED) is 0.926. The zero-order valence-electron chi connectivity index (χ0n) is 11.8. The Morgan fingerprint density at radius 2 is 1.90 bits per heavy atom. The monoisotopic (exact) mass is 288 g/mol. The predicted octanol–water partition coefficient (Wildman–Crippen LogP) is 2.20. The largest absolute Gasteiger partial charge is 0.493 e. The van der Waals surface area contributed by atoms with Gasteiger partial charge in [-0.25, -0.2) is 4.39 Å². The van der Waals surface area contributed by atoms with Gasteiger partial charge in [0.2, 0.25) is 5.82 Å². The number of aliphatic hydroxyl groups is 1. The van der Waals surface area contributed by atoms with E-state index in [1.165, 1.54) is 20.3 Å². The van der Waals surface area contributed by atoms with Gasteiger partial charge in [-0.3, -0.25) is 0 Å². The highest BCUT2D eigenvalue weighted by molar-refractivity contribution is 5.40. The molecule has 1 aromatic carbocycles. The van der Waals surface area contributed by atoms with Gasteiger partial charge in [-0.1, -0.05) is 6.07 Å². The van der Waals surface area contributed by atoms with Crippen LogP contribution in [0.4, 0.5) is 8.78 Å². The number of benzene rings is 1. The Hall–Kier alpha value is -1.24. The van der Waals surface area contributed by atoms with E-state index in [0.29, 0.717) is 5.56 Å². The zero-order chi connectivity index (χ0) is 15.1. The third kappa shape index (κ3) is 2.28. The van der Waals surface area contributed by atoms with E-state index in [1.54, 1.807) is 13.8 Å². The average Bonchev–Trinajstić information content (AvgIpc) is 2.61. The number of hydrogen-bond donors (Lipinski definition) is 1.